The molecule has 8 nitrogen and oxygen atoms in total. The van der Waals surface area contributed by atoms with E-state index in [0.29, 0.717) is 28.6 Å². The number of hydrogen-bond donors (Lipinski definition) is 1. The fourth-order valence-corrected chi connectivity index (χ4v) is 5.68. The second-order valence-electron chi connectivity index (χ2n) is 10.0. The average Bonchev–Trinajstić information content (AvgIpc) is 3.01. The first-order chi connectivity index (χ1) is 20.6. The van der Waals surface area contributed by atoms with Crippen LogP contribution in [0.5, 0.6) is 5.75 Å². The molecular formula is C33H34ClN3O5S. The maximum absolute atomic E-state index is 14.0. The largest absolute Gasteiger partial charge is 0.489 e. The van der Waals surface area contributed by atoms with Gasteiger partial charge in [-0.1, -0.05) is 84.4 Å². The molecule has 0 radical (unpaired) electrons. The smallest absolute Gasteiger partial charge is 0.244 e. The lowest BCUT2D eigenvalue weighted by atomic mass is 10.0. The molecule has 1 atom stereocenters. The molecule has 0 spiro atoms. The van der Waals surface area contributed by atoms with E-state index in [0.717, 1.165) is 21.7 Å². The van der Waals surface area contributed by atoms with Gasteiger partial charge in [0.05, 0.1) is 11.9 Å². The minimum absolute atomic E-state index is 0.0498. The maximum Gasteiger partial charge on any atom is 0.244 e. The fraction of sp³-hybridized carbons (Fsp3) is 0.212. The maximum atomic E-state index is 14.0. The highest BCUT2D eigenvalue weighted by Gasteiger charge is 2.32. The van der Waals surface area contributed by atoms with Crippen LogP contribution in [0.3, 0.4) is 0 Å². The van der Waals surface area contributed by atoms with Gasteiger partial charge in [0.1, 0.15) is 24.9 Å². The summed E-state index contributed by atoms with van der Waals surface area (Å²) in [6, 6.07) is 31.6. The zero-order valence-electron chi connectivity index (χ0n) is 24.0. The van der Waals surface area contributed by atoms with Crippen molar-refractivity contribution in [2.45, 2.75) is 25.6 Å². The molecule has 0 aliphatic carbocycles. The van der Waals surface area contributed by atoms with E-state index in [1.54, 1.807) is 48.5 Å². The van der Waals surface area contributed by atoms with Gasteiger partial charge in [0.15, 0.2) is 0 Å². The molecule has 1 N–H and O–H groups in total. The Morgan fingerprint density at radius 2 is 1.44 bits per heavy atom. The number of nitrogens with one attached hydrogen (secondary N) is 1. The Hall–Kier alpha value is -4.34. The standard InChI is InChI=1S/C33H34ClN3O5S/c1-35-33(39)31(21-25-10-5-3-6-11-25)36(22-27-14-9-15-28(34)20-27)32(38)23-37(43(2,40)41)29-16-18-30(19-17-29)42-24-26-12-7-4-8-13-26/h3-20,31H,21-24H2,1-2H3,(H,35,39). The summed E-state index contributed by atoms with van der Waals surface area (Å²) in [6.07, 6.45) is 1.28. The lowest BCUT2D eigenvalue weighted by Gasteiger charge is -2.33. The highest BCUT2D eigenvalue weighted by molar-refractivity contribution is 7.92. The number of benzene rings is 4. The van der Waals surface area contributed by atoms with Crippen LogP contribution in [0.15, 0.2) is 109 Å². The summed E-state index contributed by atoms with van der Waals surface area (Å²) < 4.78 is 32.8. The Bertz CT molecular complexity index is 1620. The first kappa shape index (κ1) is 31.6. The van der Waals surface area contributed by atoms with Crippen LogP contribution in [-0.2, 0) is 39.2 Å². The van der Waals surface area contributed by atoms with Crippen LogP contribution in [0.4, 0.5) is 5.69 Å². The van der Waals surface area contributed by atoms with E-state index in [4.69, 9.17) is 16.3 Å². The molecule has 10 heteroatoms. The summed E-state index contributed by atoms with van der Waals surface area (Å²) in [5.74, 6) is -0.359. The Morgan fingerprint density at radius 1 is 0.837 bits per heavy atom. The molecule has 0 saturated carbocycles. The van der Waals surface area contributed by atoms with E-state index in [2.05, 4.69) is 5.32 Å². The predicted molar refractivity (Wildman–Crippen MR) is 169 cm³/mol. The van der Waals surface area contributed by atoms with Crippen LogP contribution < -0.4 is 14.4 Å². The van der Waals surface area contributed by atoms with Gasteiger partial charge >= 0.3 is 0 Å². The number of sulfonamides is 1. The first-order valence-electron chi connectivity index (χ1n) is 13.7. The lowest BCUT2D eigenvalue weighted by Crippen LogP contribution is -2.52. The number of amides is 2. The number of halogens is 1. The van der Waals surface area contributed by atoms with Crippen LogP contribution in [0.1, 0.15) is 16.7 Å². The molecule has 2 amide bonds. The van der Waals surface area contributed by atoms with E-state index >= 15 is 0 Å². The number of carbonyl (C=O) groups excluding carboxylic acids is 2. The van der Waals surface area contributed by atoms with Crippen LogP contribution in [0, 0.1) is 0 Å². The monoisotopic (exact) mass is 619 g/mol. The third kappa shape index (κ3) is 9.07. The normalized spacial score (nSPS) is 11.8. The molecule has 0 bridgehead atoms. The number of rotatable bonds is 13. The Balaban J connectivity index is 1.61. The van der Waals surface area contributed by atoms with Crippen LogP contribution in [0.25, 0.3) is 0 Å². The number of nitrogens with zero attached hydrogens (tertiary/aromatic N) is 2. The Labute approximate surface area is 257 Å². The molecule has 1 unspecified atom stereocenters. The van der Waals surface area contributed by atoms with E-state index in [1.165, 1.54) is 11.9 Å². The van der Waals surface area contributed by atoms with Crippen molar-refractivity contribution in [3.05, 3.63) is 131 Å². The molecule has 0 fully saturated rings. The van der Waals surface area contributed by atoms with Gasteiger partial charge in [-0.2, -0.15) is 0 Å². The Kier molecular flexibility index (Phi) is 10.8. The second kappa shape index (κ2) is 14.7. The van der Waals surface area contributed by atoms with Gasteiger partial charge in [-0.3, -0.25) is 13.9 Å². The van der Waals surface area contributed by atoms with Crippen molar-refractivity contribution in [3.63, 3.8) is 0 Å². The Morgan fingerprint density at radius 3 is 2.02 bits per heavy atom. The molecule has 224 valence electrons. The lowest BCUT2D eigenvalue weighted by molar-refractivity contribution is -0.139. The minimum Gasteiger partial charge on any atom is -0.489 e. The third-order valence-corrected chi connectivity index (χ3v) is 8.19. The van der Waals surface area contributed by atoms with Gasteiger partial charge < -0.3 is 15.0 Å². The van der Waals surface area contributed by atoms with E-state index < -0.39 is 28.5 Å². The van der Waals surface area contributed by atoms with E-state index in [9.17, 15) is 18.0 Å². The van der Waals surface area contributed by atoms with Gasteiger partial charge in [-0.05, 0) is 53.1 Å². The number of hydrogen-bond acceptors (Lipinski definition) is 5. The van der Waals surface area contributed by atoms with Gasteiger partial charge in [0, 0.05) is 25.0 Å². The molecule has 0 aliphatic rings. The second-order valence-corrected chi connectivity index (χ2v) is 12.4. The number of ether oxygens (including phenoxy) is 1. The van der Waals surface area contributed by atoms with Crippen LogP contribution >= 0.6 is 11.6 Å². The molecule has 0 aromatic heterocycles. The van der Waals surface area contributed by atoms with Crippen LogP contribution in [-0.4, -0.2) is 51.0 Å². The summed E-state index contributed by atoms with van der Waals surface area (Å²) in [5, 5.41) is 3.14. The van der Waals surface area contributed by atoms with Crippen molar-refractivity contribution in [1.82, 2.24) is 10.2 Å². The van der Waals surface area contributed by atoms with Crippen molar-refractivity contribution in [3.8, 4) is 5.75 Å². The predicted octanol–water partition coefficient (Wildman–Crippen LogP) is 5.07. The molecule has 4 aromatic carbocycles. The van der Waals surface area contributed by atoms with Gasteiger partial charge in [-0.25, -0.2) is 8.42 Å². The van der Waals surface area contributed by atoms with Crippen molar-refractivity contribution in [1.29, 1.82) is 0 Å². The quantitative estimate of drug-likeness (QED) is 0.225. The molecular weight excluding hydrogens is 586 g/mol. The van der Waals surface area contributed by atoms with E-state index in [1.807, 2.05) is 60.7 Å². The van der Waals surface area contributed by atoms with Crippen molar-refractivity contribution >= 4 is 39.1 Å². The first-order valence-corrected chi connectivity index (χ1v) is 15.9. The van der Waals surface area contributed by atoms with Gasteiger partial charge in [0.25, 0.3) is 0 Å². The molecule has 0 saturated heterocycles. The highest BCUT2D eigenvalue weighted by atomic mass is 35.5. The molecule has 0 aliphatic heterocycles. The number of carbonyl (C=O) groups is 2. The zero-order valence-corrected chi connectivity index (χ0v) is 25.6. The van der Waals surface area contributed by atoms with Crippen molar-refractivity contribution < 1.29 is 22.7 Å². The van der Waals surface area contributed by atoms with E-state index in [-0.39, 0.29) is 18.9 Å². The molecule has 4 rings (SSSR count). The summed E-state index contributed by atoms with van der Waals surface area (Å²) in [5.41, 5.74) is 2.85. The molecule has 4 aromatic rings. The van der Waals surface area contributed by atoms with Crippen LogP contribution in [0.2, 0.25) is 5.02 Å². The topological polar surface area (TPSA) is 96.0 Å². The fourth-order valence-electron chi connectivity index (χ4n) is 4.62. The number of likely N-dealkylation sites (N-methyl/N-ethyl adjacent to an activating group) is 1. The molecule has 0 heterocycles. The zero-order chi connectivity index (χ0) is 30.8. The number of anilines is 1. The highest BCUT2D eigenvalue weighted by Crippen LogP contribution is 2.24. The SMILES string of the molecule is CNC(=O)C(Cc1ccccc1)N(Cc1cccc(Cl)c1)C(=O)CN(c1ccc(OCc2ccccc2)cc1)S(C)(=O)=O. The molecule has 43 heavy (non-hydrogen) atoms. The summed E-state index contributed by atoms with van der Waals surface area (Å²) in [4.78, 5) is 28.6. The van der Waals surface area contributed by atoms with Crippen molar-refractivity contribution in [2.24, 2.45) is 0 Å². The summed E-state index contributed by atoms with van der Waals surface area (Å²) in [6.45, 7) is -0.102. The summed E-state index contributed by atoms with van der Waals surface area (Å²) >= 11 is 6.22. The van der Waals surface area contributed by atoms with Gasteiger partial charge in [-0.15, -0.1) is 0 Å². The van der Waals surface area contributed by atoms with Crippen molar-refractivity contribution in [2.75, 3.05) is 24.2 Å². The summed E-state index contributed by atoms with van der Waals surface area (Å²) in [7, 11) is -2.37. The third-order valence-electron chi connectivity index (χ3n) is 6.81. The average molecular weight is 620 g/mol. The minimum atomic E-state index is -3.88. The van der Waals surface area contributed by atoms with Gasteiger partial charge in [0.2, 0.25) is 21.8 Å².